The van der Waals surface area contributed by atoms with Crippen molar-refractivity contribution < 1.29 is 14.3 Å². The molecule has 1 heterocycles. The number of fused-ring (bicyclic) bond motifs is 3. The summed E-state index contributed by atoms with van der Waals surface area (Å²) in [5.74, 6) is 1.44. The molecule has 1 fully saturated rings. The molecule has 0 bridgehead atoms. The average Bonchev–Trinajstić information content (AvgIpc) is 2.70. The van der Waals surface area contributed by atoms with E-state index in [-0.39, 0.29) is 5.97 Å². The highest BCUT2D eigenvalue weighted by Crippen LogP contribution is 2.61. The third kappa shape index (κ3) is 1.49. The summed E-state index contributed by atoms with van der Waals surface area (Å²) < 4.78 is 10.2. The van der Waals surface area contributed by atoms with Crippen molar-refractivity contribution in [3.8, 4) is 0 Å². The van der Waals surface area contributed by atoms with Crippen molar-refractivity contribution in [2.75, 3.05) is 20.3 Å². The smallest absolute Gasteiger partial charge is 0.359 e. The Morgan fingerprint density at radius 1 is 1.59 bits per heavy atom. The maximum Gasteiger partial charge on any atom is 0.359 e. The molecule has 0 aliphatic heterocycles. The molecule has 17 heavy (non-hydrogen) atoms. The molecule has 3 atom stereocenters. The minimum Gasteiger partial charge on any atom is -0.461 e. The number of esters is 1. The summed E-state index contributed by atoms with van der Waals surface area (Å²) in [4.78, 5) is 11.7. The highest BCUT2D eigenvalue weighted by Gasteiger charge is 2.57. The number of carbonyl (C=O) groups is 1. The predicted molar refractivity (Wildman–Crippen MR) is 59.8 cm³/mol. The van der Waals surface area contributed by atoms with E-state index in [4.69, 9.17) is 9.47 Å². The van der Waals surface area contributed by atoms with Gasteiger partial charge in [-0.05, 0) is 25.2 Å². The van der Waals surface area contributed by atoms with Crippen molar-refractivity contribution in [1.29, 1.82) is 0 Å². The van der Waals surface area contributed by atoms with Gasteiger partial charge in [-0.15, -0.1) is 0 Å². The zero-order valence-corrected chi connectivity index (χ0v) is 10.0. The Balaban J connectivity index is 1.79. The monoisotopic (exact) mass is 236 g/mol. The predicted octanol–water partition coefficient (Wildman–Crippen LogP) is 1.12. The van der Waals surface area contributed by atoms with E-state index in [1.54, 1.807) is 14.0 Å². The van der Waals surface area contributed by atoms with E-state index in [0.717, 1.165) is 24.3 Å². The van der Waals surface area contributed by atoms with Crippen LogP contribution in [0.25, 0.3) is 0 Å². The van der Waals surface area contributed by atoms with E-state index in [1.807, 2.05) is 0 Å². The van der Waals surface area contributed by atoms with Crippen LogP contribution in [0.3, 0.4) is 0 Å². The Morgan fingerprint density at radius 3 is 3.12 bits per heavy atom. The molecule has 1 unspecified atom stereocenters. The number of hydrogen-bond acceptors (Lipinski definition) is 4. The van der Waals surface area contributed by atoms with Gasteiger partial charge in [-0.25, -0.2) is 4.79 Å². The van der Waals surface area contributed by atoms with Gasteiger partial charge in [-0.3, -0.25) is 5.10 Å². The van der Waals surface area contributed by atoms with E-state index in [9.17, 15) is 4.79 Å². The molecular weight excluding hydrogens is 220 g/mol. The van der Waals surface area contributed by atoms with Crippen LogP contribution in [0.5, 0.6) is 0 Å². The van der Waals surface area contributed by atoms with Crippen LogP contribution in [-0.2, 0) is 15.9 Å². The SMILES string of the molecule is CCOC(=O)c1n[nH]c2c1C[C@H]1C(COC)[C@@H]21. The lowest BCUT2D eigenvalue weighted by atomic mass is 10.1. The summed E-state index contributed by atoms with van der Waals surface area (Å²) in [6, 6.07) is 0. The molecule has 0 radical (unpaired) electrons. The minimum absolute atomic E-state index is 0.311. The number of H-pyrrole nitrogens is 1. The number of aromatic nitrogens is 2. The maximum atomic E-state index is 11.7. The van der Waals surface area contributed by atoms with Gasteiger partial charge < -0.3 is 9.47 Å². The first-order chi connectivity index (χ1) is 8.27. The van der Waals surface area contributed by atoms with Gasteiger partial charge in [0, 0.05) is 30.9 Å². The van der Waals surface area contributed by atoms with Gasteiger partial charge >= 0.3 is 5.97 Å². The molecule has 0 spiro atoms. The fourth-order valence-corrected chi connectivity index (χ4v) is 3.04. The van der Waals surface area contributed by atoms with Crippen molar-refractivity contribution in [2.45, 2.75) is 19.3 Å². The number of nitrogens with zero attached hydrogens (tertiary/aromatic N) is 1. The molecule has 3 rings (SSSR count). The first-order valence-electron chi connectivity index (χ1n) is 6.01. The van der Waals surface area contributed by atoms with Crippen LogP contribution >= 0.6 is 0 Å². The number of methoxy groups -OCH3 is 1. The van der Waals surface area contributed by atoms with Crippen molar-refractivity contribution in [3.63, 3.8) is 0 Å². The third-order valence-corrected chi connectivity index (χ3v) is 3.83. The van der Waals surface area contributed by atoms with Crippen LogP contribution in [0.2, 0.25) is 0 Å². The van der Waals surface area contributed by atoms with E-state index >= 15 is 0 Å². The first kappa shape index (κ1) is 10.8. The number of rotatable bonds is 4. The van der Waals surface area contributed by atoms with Gasteiger partial charge in [0.1, 0.15) is 0 Å². The first-order valence-corrected chi connectivity index (χ1v) is 6.01. The summed E-state index contributed by atoms with van der Waals surface area (Å²) in [6.07, 6.45) is 0.929. The molecule has 1 aromatic heterocycles. The molecule has 2 aliphatic carbocycles. The van der Waals surface area contributed by atoms with Gasteiger partial charge in [0.2, 0.25) is 0 Å². The van der Waals surface area contributed by atoms with E-state index < -0.39 is 0 Å². The van der Waals surface area contributed by atoms with Crippen LogP contribution in [-0.4, -0.2) is 36.5 Å². The fraction of sp³-hybridized carbons (Fsp3) is 0.667. The average molecular weight is 236 g/mol. The van der Waals surface area contributed by atoms with Gasteiger partial charge in [-0.2, -0.15) is 5.10 Å². The number of ether oxygens (including phenoxy) is 2. The molecule has 1 aromatic rings. The molecule has 1 N–H and O–H groups in total. The second-order valence-electron chi connectivity index (χ2n) is 4.70. The summed E-state index contributed by atoms with van der Waals surface area (Å²) in [6.45, 7) is 2.99. The van der Waals surface area contributed by atoms with Crippen LogP contribution < -0.4 is 0 Å². The van der Waals surface area contributed by atoms with Gasteiger partial charge in [0.15, 0.2) is 5.69 Å². The Labute approximate surface area is 99.5 Å². The topological polar surface area (TPSA) is 64.2 Å². The normalized spacial score (nSPS) is 28.7. The van der Waals surface area contributed by atoms with Gasteiger partial charge in [0.25, 0.3) is 0 Å². The van der Waals surface area contributed by atoms with E-state index in [1.165, 1.54) is 0 Å². The van der Waals surface area contributed by atoms with Crippen LogP contribution in [0.15, 0.2) is 0 Å². The van der Waals surface area contributed by atoms with Crippen molar-refractivity contribution in [3.05, 3.63) is 17.0 Å². The lowest BCUT2D eigenvalue weighted by molar-refractivity contribution is 0.0518. The van der Waals surface area contributed by atoms with Crippen molar-refractivity contribution >= 4 is 5.97 Å². The fourth-order valence-electron chi connectivity index (χ4n) is 3.04. The summed E-state index contributed by atoms with van der Waals surface area (Å²) in [5.41, 5.74) is 2.66. The Hall–Kier alpha value is -1.36. The quantitative estimate of drug-likeness (QED) is 0.796. The Bertz CT molecular complexity index is 455. The molecular formula is C12H16N2O3. The van der Waals surface area contributed by atoms with Gasteiger partial charge in [-0.1, -0.05) is 0 Å². The molecule has 5 heteroatoms. The van der Waals surface area contributed by atoms with E-state index in [0.29, 0.717) is 30.1 Å². The molecule has 5 nitrogen and oxygen atoms in total. The second-order valence-corrected chi connectivity index (χ2v) is 4.70. The number of carbonyl (C=O) groups excluding carboxylic acids is 1. The molecule has 0 saturated heterocycles. The largest absolute Gasteiger partial charge is 0.461 e. The van der Waals surface area contributed by atoms with Crippen LogP contribution in [0.4, 0.5) is 0 Å². The Morgan fingerprint density at radius 2 is 2.41 bits per heavy atom. The van der Waals surface area contributed by atoms with Gasteiger partial charge in [0.05, 0.1) is 6.61 Å². The van der Waals surface area contributed by atoms with Crippen molar-refractivity contribution in [2.24, 2.45) is 11.8 Å². The highest BCUT2D eigenvalue weighted by atomic mass is 16.5. The Kier molecular flexibility index (Phi) is 2.43. The lowest BCUT2D eigenvalue weighted by Crippen LogP contribution is -2.09. The zero-order valence-electron chi connectivity index (χ0n) is 10.0. The summed E-state index contributed by atoms with van der Waals surface area (Å²) in [5, 5.41) is 7.09. The minimum atomic E-state index is -0.311. The number of aromatic amines is 1. The van der Waals surface area contributed by atoms with E-state index in [2.05, 4.69) is 10.2 Å². The maximum absolute atomic E-state index is 11.7. The second kappa shape index (κ2) is 3.84. The molecule has 1 saturated carbocycles. The van der Waals surface area contributed by atoms with Crippen molar-refractivity contribution in [1.82, 2.24) is 10.2 Å². The summed E-state index contributed by atoms with van der Waals surface area (Å²) >= 11 is 0. The molecule has 0 aromatic carbocycles. The number of nitrogens with one attached hydrogen (secondary N) is 1. The lowest BCUT2D eigenvalue weighted by Gasteiger charge is -2.03. The standard InChI is InChI=1S/C12H16N2O3/c1-3-17-12(15)11-7-4-6-8(5-16-2)9(6)10(7)13-14-11/h6,8-9H,3-5H2,1-2H3,(H,13,14)/t6-,8?,9-/m0/s1. The zero-order chi connectivity index (χ0) is 12.0. The summed E-state index contributed by atoms with van der Waals surface area (Å²) in [7, 11) is 1.73. The third-order valence-electron chi connectivity index (χ3n) is 3.83. The van der Waals surface area contributed by atoms with Crippen LogP contribution in [0.1, 0.15) is 34.6 Å². The molecule has 2 aliphatic rings. The number of hydrogen-bond donors (Lipinski definition) is 1. The van der Waals surface area contributed by atoms with Crippen LogP contribution in [0, 0.1) is 11.8 Å². The highest BCUT2D eigenvalue weighted by molar-refractivity contribution is 5.89. The molecule has 0 amide bonds. The molecule has 92 valence electrons.